The SMILES string of the molecule is CCCN1CCC(O)(c2cc(C)cc(C)c2)CC1. The molecule has 0 atom stereocenters. The van der Waals surface area contributed by atoms with E-state index in [1.807, 2.05) is 0 Å². The van der Waals surface area contributed by atoms with Crippen LogP contribution in [0.3, 0.4) is 0 Å². The number of aryl methyl sites for hydroxylation is 2. The molecular formula is C16H25NO. The van der Waals surface area contributed by atoms with Crippen LogP contribution in [0, 0.1) is 13.8 Å². The average Bonchev–Trinajstić information content (AvgIpc) is 2.31. The van der Waals surface area contributed by atoms with E-state index in [-0.39, 0.29) is 0 Å². The molecule has 1 heterocycles. The maximum absolute atomic E-state index is 10.9. The maximum atomic E-state index is 10.9. The van der Waals surface area contributed by atoms with Gasteiger partial charge in [0.25, 0.3) is 0 Å². The summed E-state index contributed by atoms with van der Waals surface area (Å²) in [6, 6.07) is 6.45. The maximum Gasteiger partial charge on any atom is 0.0921 e. The van der Waals surface area contributed by atoms with Crippen molar-refractivity contribution in [2.75, 3.05) is 19.6 Å². The molecule has 0 radical (unpaired) electrons. The zero-order chi connectivity index (χ0) is 13.2. The lowest BCUT2D eigenvalue weighted by molar-refractivity contribution is -0.0258. The van der Waals surface area contributed by atoms with E-state index in [0.717, 1.165) is 38.0 Å². The molecule has 0 unspecified atom stereocenters. The van der Waals surface area contributed by atoms with Gasteiger partial charge in [0.2, 0.25) is 0 Å². The summed E-state index contributed by atoms with van der Waals surface area (Å²) in [5, 5.41) is 10.9. The second kappa shape index (κ2) is 5.41. The topological polar surface area (TPSA) is 23.5 Å². The van der Waals surface area contributed by atoms with Gasteiger partial charge in [0.1, 0.15) is 0 Å². The van der Waals surface area contributed by atoms with Crippen molar-refractivity contribution in [3.63, 3.8) is 0 Å². The van der Waals surface area contributed by atoms with E-state index in [9.17, 15) is 5.11 Å². The fourth-order valence-corrected chi connectivity index (χ4v) is 2.99. The van der Waals surface area contributed by atoms with Crippen molar-refractivity contribution >= 4 is 0 Å². The smallest absolute Gasteiger partial charge is 0.0921 e. The number of piperidine rings is 1. The van der Waals surface area contributed by atoms with Crippen LogP contribution < -0.4 is 0 Å². The third-order valence-corrected chi connectivity index (χ3v) is 3.98. The van der Waals surface area contributed by atoms with Crippen molar-refractivity contribution in [2.45, 2.75) is 45.6 Å². The zero-order valence-electron chi connectivity index (χ0n) is 11.9. The van der Waals surface area contributed by atoms with Crippen molar-refractivity contribution in [1.29, 1.82) is 0 Å². The van der Waals surface area contributed by atoms with Crippen LogP contribution in [0.1, 0.15) is 42.9 Å². The molecule has 2 nitrogen and oxygen atoms in total. The predicted octanol–water partition coefficient (Wildman–Crippen LogP) is 3.00. The van der Waals surface area contributed by atoms with Gasteiger partial charge in [0, 0.05) is 13.1 Å². The summed E-state index contributed by atoms with van der Waals surface area (Å²) in [6.07, 6.45) is 2.91. The van der Waals surface area contributed by atoms with Crippen molar-refractivity contribution in [3.8, 4) is 0 Å². The summed E-state index contributed by atoms with van der Waals surface area (Å²) < 4.78 is 0. The Hall–Kier alpha value is -0.860. The Kier molecular flexibility index (Phi) is 4.08. The Morgan fingerprint density at radius 1 is 1.11 bits per heavy atom. The Morgan fingerprint density at radius 2 is 1.67 bits per heavy atom. The van der Waals surface area contributed by atoms with Gasteiger partial charge < -0.3 is 10.0 Å². The molecule has 1 aromatic carbocycles. The van der Waals surface area contributed by atoms with E-state index in [2.05, 4.69) is 43.9 Å². The van der Waals surface area contributed by atoms with E-state index in [1.54, 1.807) is 0 Å². The third-order valence-electron chi connectivity index (χ3n) is 3.98. The van der Waals surface area contributed by atoms with E-state index >= 15 is 0 Å². The van der Waals surface area contributed by atoms with Gasteiger partial charge in [-0.05, 0) is 45.2 Å². The quantitative estimate of drug-likeness (QED) is 0.887. The van der Waals surface area contributed by atoms with Gasteiger partial charge in [0.05, 0.1) is 5.60 Å². The van der Waals surface area contributed by atoms with Crippen LogP contribution in [0.5, 0.6) is 0 Å². The van der Waals surface area contributed by atoms with E-state index in [4.69, 9.17) is 0 Å². The summed E-state index contributed by atoms with van der Waals surface area (Å²) >= 11 is 0. The lowest BCUT2D eigenvalue weighted by Gasteiger charge is -2.38. The van der Waals surface area contributed by atoms with Gasteiger partial charge in [-0.3, -0.25) is 0 Å². The Bertz CT molecular complexity index is 385. The number of likely N-dealkylation sites (tertiary alicyclic amines) is 1. The minimum Gasteiger partial charge on any atom is -0.385 e. The molecule has 1 aliphatic rings. The summed E-state index contributed by atoms with van der Waals surface area (Å²) in [6.45, 7) is 9.60. The number of hydrogen-bond acceptors (Lipinski definition) is 2. The van der Waals surface area contributed by atoms with Crippen LogP contribution in [0.15, 0.2) is 18.2 Å². The number of aliphatic hydroxyl groups is 1. The number of nitrogens with zero attached hydrogens (tertiary/aromatic N) is 1. The average molecular weight is 247 g/mol. The van der Waals surface area contributed by atoms with Crippen molar-refractivity contribution in [2.24, 2.45) is 0 Å². The Balaban J connectivity index is 2.13. The number of benzene rings is 1. The minimum absolute atomic E-state index is 0.610. The molecule has 0 saturated carbocycles. The van der Waals surface area contributed by atoms with Gasteiger partial charge in [0.15, 0.2) is 0 Å². The van der Waals surface area contributed by atoms with E-state index in [1.165, 1.54) is 17.5 Å². The van der Waals surface area contributed by atoms with Gasteiger partial charge in [-0.2, -0.15) is 0 Å². The lowest BCUT2D eigenvalue weighted by Crippen LogP contribution is -2.42. The molecule has 18 heavy (non-hydrogen) atoms. The number of hydrogen-bond donors (Lipinski definition) is 1. The zero-order valence-corrected chi connectivity index (χ0v) is 11.9. The minimum atomic E-state index is -0.610. The Morgan fingerprint density at radius 3 is 2.17 bits per heavy atom. The van der Waals surface area contributed by atoms with Crippen LogP contribution >= 0.6 is 0 Å². The lowest BCUT2D eigenvalue weighted by atomic mass is 9.83. The molecule has 1 saturated heterocycles. The van der Waals surface area contributed by atoms with E-state index < -0.39 is 5.60 Å². The first-order valence-electron chi connectivity index (χ1n) is 7.07. The van der Waals surface area contributed by atoms with Crippen LogP contribution in [-0.2, 0) is 5.60 Å². The molecule has 1 fully saturated rings. The Labute approximate surface area is 111 Å². The molecule has 0 amide bonds. The number of rotatable bonds is 3. The second-order valence-corrected chi connectivity index (χ2v) is 5.75. The largest absolute Gasteiger partial charge is 0.385 e. The summed E-state index contributed by atoms with van der Waals surface area (Å²) in [7, 11) is 0. The van der Waals surface area contributed by atoms with Crippen LogP contribution in [0.4, 0.5) is 0 Å². The van der Waals surface area contributed by atoms with Gasteiger partial charge in [-0.25, -0.2) is 0 Å². The molecular weight excluding hydrogens is 222 g/mol. The van der Waals surface area contributed by atoms with Gasteiger partial charge in [-0.15, -0.1) is 0 Å². The molecule has 0 spiro atoms. The fourth-order valence-electron chi connectivity index (χ4n) is 2.99. The molecule has 1 aromatic rings. The molecule has 0 aromatic heterocycles. The second-order valence-electron chi connectivity index (χ2n) is 5.75. The molecule has 0 bridgehead atoms. The van der Waals surface area contributed by atoms with Crippen LogP contribution in [0.25, 0.3) is 0 Å². The predicted molar refractivity (Wildman–Crippen MR) is 75.8 cm³/mol. The summed E-state index contributed by atoms with van der Waals surface area (Å²) in [5.74, 6) is 0. The monoisotopic (exact) mass is 247 g/mol. The van der Waals surface area contributed by atoms with Crippen LogP contribution in [-0.4, -0.2) is 29.6 Å². The third kappa shape index (κ3) is 2.93. The van der Waals surface area contributed by atoms with E-state index in [0.29, 0.717) is 0 Å². The highest BCUT2D eigenvalue weighted by atomic mass is 16.3. The molecule has 2 heteroatoms. The summed E-state index contributed by atoms with van der Waals surface area (Å²) in [5.41, 5.74) is 2.99. The molecule has 100 valence electrons. The summed E-state index contributed by atoms with van der Waals surface area (Å²) in [4.78, 5) is 2.46. The molecule has 0 aliphatic carbocycles. The molecule has 1 aliphatic heterocycles. The van der Waals surface area contributed by atoms with Crippen molar-refractivity contribution < 1.29 is 5.11 Å². The van der Waals surface area contributed by atoms with Crippen molar-refractivity contribution in [1.82, 2.24) is 4.90 Å². The van der Waals surface area contributed by atoms with Crippen molar-refractivity contribution in [3.05, 3.63) is 34.9 Å². The van der Waals surface area contributed by atoms with Crippen LogP contribution in [0.2, 0.25) is 0 Å². The highest BCUT2D eigenvalue weighted by Gasteiger charge is 2.33. The highest BCUT2D eigenvalue weighted by Crippen LogP contribution is 2.33. The highest BCUT2D eigenvalue weighted by molar-refractivity contribution is 5.32. The molecule has 2 rings (SSSR count). The first kappa shape index (κ1) is 13.6. The normalized spacial score (nSPS) is 20.0. The van der Waals surface area contributed by atoms with Gasteiger partial charge in [-0.1, -0.05) is 36.2 Å². The first-order valence-corrected chi connectivity index (χ1v) is 7.07. The first-order chi connectivity index (χ1) is 8.53. The fraction of sp³-hybridized carbons (Fsp3) is 0.625. The van der Waals surface area contributed by atoms with Gasteiger partial charge >= 0.3 is 0 Å². The molecule has 1 N–H and O–H groups in total. The standard InChI is InChI=1S/C16H25NO/c1-4-7-17-8-5-16(18,6-9-17)15-11-13(2)10-14(3)12-15/h10-12,18H,4-9H2,1-3H3.